The molecule has 1 saturated heterocycles. The van der Waals surface area contributed by atoms with Crippen LogP contribution in [-0.2, 0) is 4.74 Å². The van der Waals surface area contributed by atoms with Crippen LogP contribution < -0.4 is 5.73 Å². The van der Waals surface area contributed by atoms with E-state index in [1.165, 1.54) is 25.8 Å². The van der Waals surface area contributed by atoms with Crippen molar-refractivity contribution >= 4 is 0 Å². The van der Waals surface area contributed by atoms with Gasteiger partial charge in [-0.1, -0.05) is 0 Å². The predicted octanol–water partition coefficient (Wildman–Crippen LogP) is 1.22. The van der Waals surface area contributed by atoms with Gasteiger partial charge in [-0.15, -0.1) is 0 Å². The molecule has 88 valence electrons. The third kappa shape index (κ3) is 3.16. The van der Waals surface area contributed by atoms with Gasteiger partial charge in [-0.25, -0.2) is 0 Å². The fourth-order valence-corrected chi connectivity index (χ4v) is 3.08. The van der Waals surface area contributed by atoms with Gasteiger partial charge < -0.3 is 10.5 Å². The van der Waals surface area contributed by atoms with Crippen molar-refractivity contribution in [2.24, 2.45) is 11.7 Å². The average Bonchev–Trinajstić information content (AvgIpc) is 2.49. The quantitative estimate of drug-likeness (QED) is 0.748. The van der Waals surface area contributed by atoms with Gasteiger partial charge in [-0.2, -0.15) is 0 Å². The van der Waals surface area contributed by atoms with E-state index in [-0.39, 0.29) is 0 Å². The van der Waals surface area contributed by atoms with Gasteiger partial charge in [-0.3, -0.25) is 4.90 Å². The Hall–Kier alpha value is -0.120. The molecule has 0 aromatic heterocycles. The highest BCUT2D eigenvalue weighted by Crippen LogP contribution is 2.26. The molecule has 2 N–H and O–H groups in total. The number of ether oxygens (including phenoxy) is 1. The molecule has 2 aliphatic rings. The number of hydrogen-bond donors (Lipinski definition) is 1. The molecule has 2 fully saturated rings. The van der Waals surface area contributed by atoms with Crippen LogP contribution in [0.25, 0.3) is 0 Å². The summed E-state index contributed by atoms with van der Waals surface area (Å²) in [7, 11) is 0. The van der Waals surface area contributed by atoms with Crippen molar-refractivity contribution in [2.75, 3.05) is 19.6 Å². The Labute approximate surface area is 93.0 Å². The Morgan fingerprint density at radius 3 is 2.40 bits per heavy atom. The molecule has 0 amide bonds. The summed E-state index contributed by atoms with van der Waals surface area (Å²) in [4.78, 5) is 2.56. The zero-order valence-corrected chi connectivity index (χ0v) is 9.98. The molecular formula is C12H24N2O. The highest BCUT2D eigenvalue weighted by atomic mass is 16.5. The topological polar surface area (TPSA) is 38.5 Å². The van der Waals surface area contributed by atoms with Gasteiger partial charge in [-0.05, 0) is 39.0 Å². The summed E-state index contributed by atoms with van der Waals surface area (Å²) in [5, 5.41) is 0. The lowest BCUT2D eigenvalue weighted by Gasteiger charge is -2.36. The average molecular weight is 212 g/mol. The van der Waals surface area contributed by atoms with Crippen molar-refractivity contribution in [3.05, 3.63) is 0 Å². The summed E-state index contributed by atoms with van der Waals surface area (Å²) < 4.78 is 5.74. The molecule has 3 nitrogen and oxygen atoms in total. The molecule has 15 heavy (non-hydrogen) atoms. The predicted molar refractivity (Wildman–Crippen MR) is 61.8 cm³/mol. The highest BCUT2D eigenvalue weighted by molar-refractivity contribution is 4.82. The van der Waals surface area contributed by atoms with Gasteiger partial charge in [0.15, 0.2) is 0 Å². The molecule has 0 bridgehead atoms. The van der Waals surface area contributed by atoms with Gasteiger partial charge in [0.05, 0.1) is 12.2 Å². The van der Waals surface area contributed by atoms with E-state index in [0.29, 0.717) is 18.2 Å². The number of nitrogens with zero attached hydrogens (tertiary/aromatic N) is 1. The molecule has 1 saturated carbocycles. The number of rotatable bonds is 2. The normalized spacial score (nSPS) is 43.4. The molecule has 1 aliphatic carbocycles. The first-order chi connectivity index (χ1) is 7.13. The van der Waals surface area contributed by atoms with Gasteiger partial charge in [0.2, 0.25) is 0 Å². The van der Waals surface area contributed by atoms with Crippen molar-refractivity contribution < 1.29 is 4.74 Å². The largest absolute Gasteiger partial charge is 0.373 e. The summed E-state index contributed by atoms with van der Waals surface area (Å²) in [5.74, 6) is 0.831. The van der Waals surface area contributed by atoms with Crippen molar-refractivity contribution in [3.63, 3.8) is 0 Å². The van der Waals surface area contributed by atoms with Gasteiger partial charge in [0, 0.05) is 25.7 Å². The minimum Gasteiger partial charge on any atom is -0.373 e. The maximum Gasteiger partial charge on any atom is 0.0678 e. The molecule has 4 atom stereocenters. The zero-order valence-electron chi connectivity index (χ0n) is 9.98. The minimum atomic E-state index is 0.392. The van der Waals surface area contributed by atoms with E-state index in [4.69, 9.17) is 10.5 Å². The summed E-state index contributed by atoms with van der Waals surface area (Å²) in [5.41, 5.74) is 5.94. The van der Waals surface area contributed by atoms with E-state index in [1.54, 1.807) is 0 Å². The van der Waals surface area contributed by atoms with E-state index in [0.717, 1.165) is 19.0 Å². The van der Waals surface area contributed by atoms with Crippen LogP contribution in [0.3, 0.4) is 0 Å². The Bertz CT molecular complexity index is 200. The van der Waals surface area contributed by atoms with Crippen LogP contribution in [-0.4, -0.2) is 42.8 Å². The molecule has 4 unspecified atom stereocenters. The second-order valence-corrected chi connectivity index (χ2v) is 5.42. The fourth-order valence-electron chi connectivity index (χ4n) is 3.08. The van der Waals surface area contributed by atoms with E-state index in [9.17, 15) is 0 Å². The van der Waals surface area contributed by atoms with Crippen molar-refractivity contribution in [3.8, 4) is 0 Å². The van der Waals surface area contributed by atoms with Crippen LogP contribution >= 0.6 is 0 Å². The van der Waals surface area contributed by atoms with Crippen molar-refractivity contribution in [1.29, 1.82) is 0 Å². The first-order valence-corrected chi connectivity index (χ1v) is 6.27. The lowest BCUT2D eigenvalue weighted by molar-refractivity contribution is -0.0712. The van der Waals surface area contributed by atoms with E-state index < -0.39 is 0 Å². The van der Waals surface area contributed by atoms with Crippen molar-refractivity contribution in [2.45, 2.75) is 51.4 Å². The first kappa shape index (κ1) is 11.4. The minimum absolute atomic E-state index is 0.392. The lowest BCUT2D eigenvalue weighted by atomic mass is 10.1. The molecule has 0 spiro atoms. The van der Waals surface area contributed by atoms with E-state index in [1.807, 2.05) is 0 Å². The molecule has 0 radical (unpaired) electrons. The standard InChI is InChI=1S/C12H24N2O/c1-9-6-14(7-10(2)15-9)8-11-3-4-12(13)5-11/h9-12H,3-8,13H2,1-2H3. The monoisotopic (exact) mass is 212 g/mol. The molecule has 0 aromatic carbocycles. The summed E-state index contributed by atoms with van der Waals surface area (Å²) in [6, 6.07) is 0.464. The maximum atomic E-state index is 5.94. The van der Waals surface area contributed by atoms with Crippen LogP contribution in [0.2, 0.25) is 0 Å². The van der Waals surface area contributed by atoms with E-state index in [2.05, 4.69) is 18.7 Å². The molecule has 1 aliphatic heterocycles. The Kier molecular flexibility index (Phi) is 3.65. The third-order valence-electron chi connectivity index (χ3n) is 3.59. The lowest BCUT2D eigenvalue weighted by Crippen LogP contribution is -2.46. The Morgan fingerprint density at radius 2 is 1.87 bits per heavy atom. The summed E-state index contributed by atoms with van der Waals surface area (Å²) in [6.07, 6.45) is 4.55. The molecule has 2 rings (SSSR count). The fraction of sp³-hybridized carbons (Fsp3) is 1.00. The molecule has 1 heterocycles. The number of hydrogen-bond acceptors (Lipinski definition) is 3. The van der Waals surface area contributed by atoms with Crippen LogP contribution in [0.15, 0.2) is 0 Å². The summed E-state index contributed by atoms with van der Waals surface area (Å²) >= 11 is 0. The zero-order chi connectivity index (χ0) is 10.8. The SMILES string of the molecule is CC1CN(CC2CCC(N)C2)CC(C)O1. The van der Waals surface area contributed by atoms with Crippen LogP contribution in [0.4, 0.5) is 0 Å². The van der Waals surface area contributed by atoms with E-state index >= 15 is 0 Å². The first-order valence-electron chi connectivity index (χ1n) is 6.27. The van der Waals surface area contributed by atoms with Crippen LogP contribution in [0.5, 0.6) is 0 Å². The smallest absolute Gasteiger partial charge is 0.0678 e. The number of nitrogens with two attached hydrogens (primary N) is 1. The van der Waals surface area contributed by atoms with Gasteiger partial charge in [0.25, 0.3) is 0 Å². The second kappa shape index (κ2) is 4.81. The van der Waals surface area contributed by atoms with Crippen molar-refractivity contribution in [1.82, 2.24) is 4.90 Å². The molecular weight excluding hydrogens is 188 g/mol. The Balaban J connectivity index is 1.78. The second-order valence-electron chi connectivity index (χ2n) is 5.42. The van der Waals surface area contributed by atoms with Gasteiger partial charge >= 0.3 is 0 Å². The summed E-state index contributed by atoms with van der Waals surface area (Å²) in [6.45, 7) is 7.75. The third-order valence-corrected chi connectivity index (χ3v) is 3.59. The molecule has 0 aromatic rings. The van der Waals surface area contributed by atoms with Crippen LogP contribution in [0, 0.1) is 5.92 Å². The molecule has 3 heteroatoms. The Morgan fingerprint density at radius 1 is 1.20 bits per heavy atom. The van der Waals surface area contributed by atoms with Crippen LogP contribution in [0.1, 0.15) is 33.1 Å². The van der Waals surface area contributed by atoms with Gasteiger partial charge in [0.1, 0.15) is 0 Å². The number of morpholine rings is 1. The maximum absolute atomic E-state index is 5.94. The highest BCUT2D eigenvalue weighted by Gasteiger charge is 2.27.